The molecule has 2 aromatic rings. The third-order valence-electron chi connectivity index (χ3n) is 3.97. The van der Waals surface area contributed by atoms with Crippen LogP contribution in [0.1, 0.15) is 22.8 Å². The molecule has 1 unspecified atom stereocenters. The zero-order chi connectivity index (χ0) is 19.8. The van der Waals surface area contributed by atoms with Crippen LogP contribution in [0, 0.1) is 0 Å². The number of ether oxygens (including phenoxy) is 2. The van der Waals surface area contributed by atoms with Crippen molar-refractivity contribution in [3.63, 3.8) is 0 Å². The van der Waals surface area contributed by atoms with Gasteiger partial charge in [-0.1, -0.05) is 6.07 Å². The van der Waals surface area contributed by atoms with E-state index < -0.39 is 12.1 Å². The molecular formula is C20H23NO5S. The largest absolute Gasteiger partial charge is 0.496 e. The predicted molar refractivity (Wildman–Crippen MR) is 105 cm³/mol. The van der Waals surface area contributed by atoms with Gasteiger partial charge in [-0.25, -0.2) is 4.79 Å². The third kappa shape index (κ3) is 5.92. The van der Waals surface area contributed by atoms with E-state index in [0.29, 0.717) is 24.5 Å². The zero-order valence-corrected chi connectivity index (χ0v) is 16.3. The number of carboxylic acid groups (broad SMARTS) is 1. The average Bonchev–Trinajstić information content (AvgIpc) is 2.68. The molecule has 0 heterocycles. The molecule has 1 amide bonds. The molecule has 0 radical (unpaired) electrons. The quantitative estimate of drug-likeness (QED) is 0.641. The Bertz CT molecular complexity index is 791. The monoisotopic (exact) mass is 389 g/mol. The first-order valence-corrected chi connectivity index (χ1v) is 9.65. The maximum atomic E-state index is 12.2. The summed E-state index contributed by atoms with van der Waals surface area (Å²) in [6, 6.07) is 12.3. The minimum atomic E-state index is -1.01. The second-order valence-electron chi connectivity index (χ2n) is 5.81. The van der Waals surface area contributed by atoms with Gasteiger partial charge in [0.05, 0.1) is 12.7 Å². The van der Waals surface area contributed by atoms with Crippen molar-refractivity contribution in [1.82, 2.24) is 5.32 Å². The lowest BCUT2D eigenvalue weighted by Gasteiger charge is -2.15. The zero-order valence-electron chi connectivity index (χ0n) is 15.5. The van der Waals surface area contributed by atoms with E-state index in [0.717, 1.165) is 10.5 Å². The van der Waals surface area contributed by atoms with Crippen molar-refractivity contribution in [3.8, 4) is 11.5 Å². The van der Waals surface area contributed by atoms with E-state index in [1.54, 1.807) is 24.8 Å². The van der Waals surface area contributed by atoms with Gasteiger partial charge in [0.1, 0.15) is 11.5 Å². The normalized spacial score (nSPS) is 11.5. The summed E-state index contributed by atoms with van der Waals surface area (Å²) in [7, 11) is 1.49. The van der Waals surface area contributed by atoms with Crippen LogP contribution in [-0.4, -0.2) is 43.0 Å². The minimum absolute atomic E-state index is 0.161. The molecule has 0 aliphatic carbocycles. The summed E-state index contributed by atoms with van der Waals surface area (Å²) in [5.74, 6) is -0.0986. The van der Waals surface area contributed by atoms with E-state index in [9.17, 15) is 9.59 Å². The second-order valence-corrected chi connectivity index (χ2v) is 6.69. The molecule has 0 saturated carbocycles. The Hall–Kier alpha value is -2.67. The van der Waals surface area contributed by atoms with Crippen molar-refractivity contribution in [2.75, 3.05) is 19.9 Å². The highest BCUT2D eigenvalue weighted by molar-refractivity contribution is 7.98. The molecule has 0 aromatic heterocycles. The topological polar surface area (TPSA) is 84.9 Å². The fourth-order valence-corrected chi connectivity index (χ4v) is 2.87. The lowest BCUT2D eigenvalue weighted by Crippen LogP contribution is -2.37. The third-order valence-corrected chi connectivity index (χ3v) is 4.71. The number of thioether (sulfide) groups is 1. The van der Waals surface area contributed by atoms with E-state index in [2.05, 4.69) is 5.32 Å². The Kier molecular flexibility index (Phi) is 7.55. The van der Waals surface area contributed by atoms with Gasteiger partial charge in [-0.05, 0) is 61.6 Å². The summed E-state index contributed by atoms with van der Waals surface area (Å²) in [6.45, 7) is 2.08. The van der Waals surface area contributed by atoms with E-state index in [-0.39, 0.29) is 11.5 Å². The highest BCUT2D eigenvalue weighted by Gasteiger charge is 2.15. The molecule has 0 saturated heterocycles. The van der Waals surface area contributed by atoms with Crippen molar-refractivity contribution in [2.24, 2.45) is 0 Å². The van der Waals surface area contributed by atoms with Crippen LogP contribution in [0.5, 0.6) is 11.5 Å². The number of aromatic carboxylic acids is 1. The molecule has 144 valence electrons. The van der Waals surface area contributed by atoms with E-state index in [4.69, 9.17) is 14.6 Å². The number of methoxy groups -OCH3 is 1. The Balaban J connectivity index is 1.86. The fourth-order valence-electron chi connectivity index (χ4n) is 2.46. The molecule has 27 heavy (non-hydrogen) atoms. The molecule has 2 rings (SSSR count). The molecule has 1 atom stereocenters. The van der Waals surface area contributed by atoms with E-state index in [1.165, 1.54) is 19.2 Å². The SMILES string of the molecule is COc1cc(C(=O)O)ccc1CCNC(=O)C(C)Oc1ccc(SC)cc1. The first-order valence-electron chi connectivity index (χ1n) is 8.43. The van der Waals surface area contributed by atoms with Gasteiger partial charge in [0, 0.05) is 11.4 Å². The maximum Gasteiger partial charge on any atom is 0.335 e. The van der Waals surface area contributed by atoms with Crippen molar-refractivity contribution in [2.45, 2.75) is 24.3 Å². The van der Waals surface area contributed by atoms with Gasteiger partial charge < -0.3 is 19.9 Å². The number of carbonyl (C=O) groups is 2. The number of rotatable bonds is 9. The first-order chi connectivity index (χ1) is 12.9. The molecule has 0 aliphatic heterocycles. The molecule has 0 aliphatic rings. The Morgan fingerprint density at radius 2 is 1.89 bits per heavy atom. The lowest BCUT2D eigenvalue weighted by molar-refractivity contribution is -0.127. The van der Waals surface area contributed by atoms with Gasteiger partial charge in [0.2, 0.25) is 0 Å². The molecule has 2 N–H and O–H groups in total. The second kappa shape index (κ2) is 9.87. The highest BCUT2D eigenvalue weighted by atomic mass is 32.2. The van der Waals surface area contributed by atoms with Crippen LogP contribution in [-0.2, 0) is 11.2 Å². The van der Waals surface area contributed by atoms with E-state index in [1.807, 2.05) is 30.5 Å². The average molecular weight is 389 g/mol. The maximum absolute atomic E-state index is 12.2. The number of nitrogens with one attached hydrogen (secondary N) is 1. The van der Waals surface area contributed by atoms with Crippen molar-refractivity contribution in [3.05, 3.63) is 53.6 Å². The van der Waals surface area contributed by atoms with E-state index >= 15 is 0 Å². The molecular weight excluding hydrogens is 366 g/mol. The number of hydrogen-bond acceptors (Lipinski definition) is 5. The molecule has 0 spiro atoms. The van der Waals surface area contributed by atoms with Crippen LogP contribution in [0.4, 0.5) is 0 Å². The molecule has 2 aromatic carbocycles. The van der Waals surface area contributed by atoms with Crippen LogP contribution >= 0.6 is 11.8 Å². The smallest absolute Gasteiger partial charge is 0.335 e. The summed E-state index contributed by atoms with van der Waals surface area (Å²) in [6.07, 6.45) is 1.89. The molecule has 0 fully saturated rings. The van der Waals surface area contributed by atoms with Crippen LogP contribution in [0.3, 0.4) is 0 Å². The van der Waals surface area contributed by atoms with Crippen molar-refractivity contribution in [1.29, 1.82) is 0 Å². The molecule has 0 bridgehead atoms. The molecule has 6 nitrogen and oxygen atoms in total. The predicted octanol–water partition coefficient (Wildman–Crippen LogP) is 3.24. The highest BCUT2D eigenvalue weighted by Crippen LogP contribution is 2.21. The van der Waals surface area contributed by atoms with Gasteiger partial charge in [-0.15, -0.1) is 11.8 Å². The fraction of sp³-hybridized carbons (Fsp3) is 0.300. The lowest BCUT2D eigenvalue weighted by atomic mass is 10.1. The summed E-state index contributed by atoms with van der Waals surface area (Å²) in [5.41, 5.74) is 0.984. The standard InChI is InChI=1S/C20H23NO5S/c1-13(26-16-6-8-17(27-3)9-7-16)19(22)21-11-10-14-4-5-15(20(23)24)12-18(14)25-2/h4-9,12-13H,10-11H2,1-3H3,(H,21,22)(H,23,24). The number of carboxylic acids is 1. The first kappa shape index (κ1) is 20.6. The number of benzene rings is 2. The Morgan fingerprint density at radius 3 is 2.48 bits per heavy atom. The summed E-state index contributed by atoms with van der Waals surface area (Å²) in [4.78, 5) is 24.4. The number of carbonyl (C=O) groups excluding carboxylic acids is 1. The number of hydrogen-bond donors (Lipinski definition) is 2. The Labute approximate surface area is 162 Å². The van der Waals surface area contributed by atoms with Crippen LogP contribution in [0.15, 0.2) is 47.4 Å². The summed E-state index contributed by atoms with van der Waals surface area (Å²) >= 11 is 1.64. The number of amides is 1. The van der Waals surface area contributed by atoms with Crippen LogP contribution < -0.4 is 14.8 Å². The van der Waals surface area contributed by atoms with Gasteiger partial charge >= 0.3 is 5.97 Å². The van der Waals surface area contributed by atoms with Gasteiger partial charge in [-0.2, -0.15) is 0 Å². The van der Waals surface area contributed by atoms with Crippen LogP contribution in [0.2, 0.25) is 0 Å². The van der Waals surface area contributed by atoms with Gasteiger partial charge in [0.15, 0.2) is 6.10 Å². The summed E-state index contributed by atoms with van der Waals surface area (Å²) in [5, 5.41) is 11.9. The van der Waals surface area contributed by atoms with Gasteiger partial charge in [0.25, 0.3) is 5.91 Å². The van der Waals surface area contributed by atoms with Gasteiger partial charge in [-0.3, -0.25) is 4.79 Å². The summed E-state index contributed by atoms with van der Waals surface area (Å²) < 4.78 is 10.9. The minimum Gasteiger partial charge on any atom is -0.496 e. The van der Waals surface area contributed by atoms with Crippen LogP contribution in [0.25, 0.3) is 0 Å². The van der Waals surface area contributed by atoms with Crippen molar-refractivity contribution < 1.29 is 24.2 Å². The Morgan fingerprint density at radius 1 is 1.19 bits per heavy atom. The molecule has 7 heteroatoms. The van der Waals surface area contributed by atoms with Crippen molar-refractivity contribution >= 4 is 23.6 Å².